The van der Waals surface area contributed by atoms with Gasteiger partial charge < -0.3 is 24.4 Å². The van der Waals surface area contributed by atoms with E-state index in [9.17, 15) is 0 Å². The van der Waals surface area contributed by atoms with Crippen LogP contribution in [-0.2, 0) is 14.2 Å². The molecule has 24 heavy (non-hydrogen) atoms. The van der Waals surface area contributed by atoms with Crippen LogP contribution in [0.15, 0.2) is 0 Å². The smallest absolute Gasteiger partial charge is 0.0466 e. The van der Waals surface area contributed by atoms with Crippen LogP contribution >= 0.6 is 0 Å². The van der Waals surface area contributed by atoms with E-state index >= 15 is 0 Å². The maximum atomic E-state index is 8.09. The zero-order valence-corrected chi connectivity index (χ0v) is 15.6. The van der Waals surface area contributed by atoms with Gasteiger partial charge >= 0.3 is 0 Å². The molecular weight excluding hydrogens is 308 g/mol. The molecule has 3 fully saturated rings. The minimum Gasteiger partial charge on any atom is -0.396 e. The number of rotatable bonds is 3. The molecule has 5 heteroatoms. The van der Waals surface area contributed by atoms with Gasteiger partial charge in [0.25, 0.3) is 0 Å². The van der Waals surface area contributed by atoms with Crippen molar-refractivity contribution in [1.82, 2.24) is 0 Å². The molecule has 0 bridgehead atoms. The molecule has 3 heterocycles. The van der Waals surface area contributed by atoms with Gasteiger partial charge in [-0.25, -0.2) is 0 Å². The fourth-order valence-corrected chi connectivity index (χ4v) is 2.28. The molecule has 5 nitrogen and oxygen atoms in total. The summed E-state index contributed by atoms with van der Waals surface area (Å²) in [6, 6.07) is 0. The molecule has 3 rings (SSSR count). The van der Waals surface area contributed by atoms with Crippen molar-refractivity contribution in [2.24, 2.45) is 0 Å². The second-order valence-electron chi connectivity index (χ2n) is 6.17. The van der Waals surface area contributed by atoms with Crippen LogP contribution in [0.1, 0.15) is 70.6 Å². The van der Waals surface area contributed by atoms with Crippen molar-refractivity contribution in [2.75, 3.05) is 52.9 Å². The Morgan fingerprint density at radius 1 is 0.417 bits per heavy atom. The number of aliphatic hydroxyl groups excluding tert-OH is 2. The molecule has 2 N–H and O–H groups in total. The van der Waals surface area contributed by atoms with Gasteiger partial charge in [0.15, 0.2) is 0 Å². The molecule has 0 aromatic heterocycles. The van der Waals surface area contributed by atoms with Crippen molar-refractivity contribution in [3.8, 4) is 0 Å². The summed E-state index contributed by atoms with van der Waals surface area (Å²) < 4.78 is 15.2. The van der Waals surface area contributed by atoms with E-state index in [1.165, 1.54) is 57.8 Å². The van der Waals surface area contributed by atoms with E-state index in [-0.39, 0.29) is 13.2 Å². The summed E-state index contributed by atoms with van der Waals surface area (Å²) in [5, 5.41) is 16.2. The van der Waals surface area contributed by atoms with Gasteiger partial charge in [-0.2, -0.15) is 0 Å². The van der Waals surface area contributed by atoms with Gasteiger partial charge in [-0.05, 0) is 70.6 Å². The fourth-order valence-electron chi connectivity index (χ4n) is 2.28. The van der Waals surface area contributed by atoms with Crippen LogP contribution in [-0.4, -0.2) is 63.1 Å². The van der Waals surface area contributed by atoms with E-state index in [1.54, 1.807) is 0 Å². The number of aliphatic hydroxyl groups is 2. The Hall–Kier alpha value is -0.200. The van der Waals surface area contributed by atoms with E-state index in [0.717, 1.165) is 52.5 Å². The Balaban J connectivity index is 0.000000294. The third-order valence-corrected chi connectivity index (χ3v) is 3.80. The summed E-state index contributed by atoms with van der Waals surface area (Å²) in [6.45, 7) is 6.39. The summed E-state index contributed by atoms with van der Waals surface area (Å²) in [7, 11) is 0. The van der Waals surface area contributed by atoms with Crippen molar-refractivity contribution in [3.63, 3.8) is 0 Å². The molecule has 0 amide bonds. The molecule has 146 valence electrons. The van der Waals surface area contributed by atoms with E-state index in [0.29, 0.717) is 0 Å². The molecule has 0 radical (unpaired) electrons. The number of hydrogen-bond donors (Lipinski definition) is 2. The molecule has 0 aromatic carbocycles. The summed E-state index contributed by atoms with van der Waals surface area (Å²) in [5.41, 5.74) is 0. The van der Waals surface area contributed by atoms with Crippen molar-refractivity contribution in [2.45, 2.75) is 70.6 Å². The molecule has 0 saturated carbocycles. The fraction of sp³-hybridized carbons (Fsp3) is 1.00. The minimum atomic E-state index is 0.195. The molecule has 0 unspecified atom stereocenters. The second kappa shape index (κ2) is 22.8. The lowest BCUT2D eigenvalue weighted by molar-refractivity contribution is 0.0967. The van der Waals surface area contributed by atoms with Crippen molar-refractivity contribution < 1.29 is 24.4 Å². The first kappa shape index (κ1) is 23.8. The predicted molar refractivity (Wildman–Crippen MR) is 97.4 cm³/mol. The average Bonchev–Trinajstić information content (AvgIpc) is 2.72. The summed E-state index contributed by atoms with van der Waals surface area (Å²) in [4.78, 5) is 0. The Morgan fingerprint density at radius 2 is 0.667 bits per heavy atom. The topological polar surface area (TPSA) is 68.2 Å². The van der Waals surface area contributed by atoms with Crippen LogP contribution in [0.2, 0.25) is 0 Å². The maximum Gasteiger partial charge on any atom is 0.0466 e. The summed E-state index contributed by atoms with van der Waals surface area (Å²) in [5.74, 6) is 0. The highest BCUT2D eigenvalue weighted by atomic mass is 16.5. The van der Waals surface area contributed by atoms with Gasteiger partial charge in [-0.15, -0.1) is 0 Å². The largest absolute Gasteiger partial charge is 0.396 e. The van der Waals surface area contributed by atoms with Gasteiger partial charge in [-0.3, -0.25) is 0 Å². The molecular formula is C19H40O5. The summed E-state index contributed by atoms with van der Waals surface area (Å²) >= 11 is 0. The van der Waals surface area contributed by atoms with E-state index in [1.807, 2.05) is 0 Å². The van der Waals surface area contributed by atoms with Crippen LogP contribution in [0.4, 0.5) is 0 Å². The van der Waals surface area contributed by atoms with Gasteiger partial charge in [0, 0.05) is 52.9 Å². The monoisotopic (exact) mass is 348 g/mol. The maximum absolute atomic E-state index is 8.09. The molecule has 0 atom stereocenters. The minimum absolute atomic E-state index is 0.195. The van der Waals surface area contributed by atoms with E-state index in [4.69, 9.17) is 24.4 Å². The SMILES string of the molecule is C1CCOCC1.C1CCOCC1.C1CCOCC1.OCCCCO. The highest BCUT2D eigenvalue weighted by Crippen LogP contribution is 2.03. The standard InChI is InChI=1S/3C5H10O.C4H10O2/c3*1-2-4-6-5-3-1;5-3-1-2-4-6/h3*1-5H2;5-6H,1-4H2. The first-order chi connectivity index (χ1) is 11.9. The third-order valence-electron chi connectivity index (χ3n) is 3.80. The number of ether oxygens (including phenoxy) is 3. The zero-order valence-electron chi connectivity index (χ0n) is 15.6. The molecule has 0 aromatic rings. The van der Waals surface area contributed by atoms with Gasteiger partial charge in [0.1, 0.15) is 0 Å². The van der Waals surface area contributed by atoms with E-state index < -0.39 is 0 Å². The van der Waals surface area contributed by atoms with Crippen LogP contribution in [0.5, 0.6) is 0 Å². The van der Waals surface area contributed by atoms with Gasteiger partial charge in [-0.1, -0.05) is 0 Å². The third kappa shape index (κ3) is 21.8. The van der Waals surface area contributed by atoms with E-state index in [2.05, 4.69) is 0 Å². The normalized spacial score (nSPS) is 20.2. The van der Waals surface area contributed by atoms with Crippen LogP contribution in [0.3, 0.4) is 0 Å². The number of hydrogen-bond acceptors (Lipinski definition) is 5. The Kier molecular flexibility index (Phi) is 22.6. The lowest BCUT2D eigenvalue weighted by atomic mass is 10.2. The van der Waals surface area contributed by atoms with Gasteiger partial charge in [0.05, 0.1) is 0 Å². The molecule has 0 spiro atoms. The van der Waals surface area contributed by atoms with Crippen LogP contribution in [0.25, 0.3) is 0 Å². The highest BCUT2D eigenvalue weighted by molar-refractivity contribution is 4.46. The lowest BCUT2D eigenvalue weighted by Gasteiger charge is -2.08. The van der Waals surface area contributed by atoms with Crippen molar-refractivity contribution >= 4 is 0 Å². The molecule has 3 aliphatic heterocycles. The second-order valence-corrected chi connectivity index (χ2v) is 6.17. The van der Waals surface area contributed by atoms with Crippen molar-refractivity contribution in [3.05, 3.63) is 0 Å². The van der Waals surface area contributed by atoms with Gasteiger partial charge in [0.2, 0.25) is 0 Å². The van der Waals surface area contributed by atoms with Crippen LogP contribution < -0.4 is 0 Å². The quantitative estimate of drug-likeness (QED) is 0.766. The first-order valence-corrected chi connectivity index (χ1v) is 9.86. The zero-order chi connectivity index (χ0) is 17.6. The molecule has 3 aliphatic rings. The molecule has 3 saturated heterocycles. The van der Waals surface area contributed by atoms with Crippen LogP contribution in [0, 0.1) is 0 Å². The first-order valence-electron chi connectivity index (χ1n) is 9.86. The summed E-state index contributed by atoms with van der Waals surface area (Å²) in [6.07, 6.45) is 13.2. The number of unbranched alkanes of at least 4 members (excludes halogenated alkanes) is 1. The molecule has 0 aliphatic carbocycles. The van der Waals surface area contributed by atoms with Crippen molar-refractivity contribution in [1.29, 1.82) is 0 Å². The average molecular weight is 349 g/mol. The Bertz CT molecular complexity index is 135. The highest BCUT2D eigenvalue weighted by Gasteiger charge is 1.96. The Labute approximate surface area is 148 Å². The Morgan fingerprint density at radius 3 is 0.750 bits per heavy atom. The lowest BCUT2D eigenvalue weighted by Crippen LogP contribution is -2.03. The predicted octanol–water partition coefficient (Wildman–Crippen LogP) is 3.31.